The predicted octanol–water partition coefficient (Wildman–Crippen LogP) is 4.23. The van der Waals surface area contributed by atoms with E-state index in [9.17, 15) is 4.79 Å². The Morgan fingerprint density at radius 3 is 2.69 bits per heavy atom. The van der Waals surface area contributed by atoms with Crippen molar-refractivity contribution >= 4 is 23.2 Å². The van der Waals surface area contributed by atoms with E-state index in [0.29, 0.717) is 35.4 Å². The molecular formula is C22H22N4O3. The molecule has 0 atom stereocenters. The van der Waals surface area contributed by atoms with E-state index >= 15 is 0 Å². The van der Waals surface area contributed by atoms with Gasteiger partial charge in [-0.15, -0.1) is 0 Å². The molecule has 7 nitrogen and oxygen atoms in total. The molecule has 4 rings (SSSR count). The molecule has 3 aromatic rings. The molecule has 0 radical (unpaired) electrons. The quantitative estimate of drug-likeness (QED) is 0.702. The molecule has 0 fully saturated rings. The van der Waals surface area contributed by atoms with Crippen molar-refractivity contribution in [2.24, 2.45) is 0 Å². The molecular weight excluding hydrogens is 368 g/mol. The third-order valence-electron chi connectivity index (χ3n) is 4.58. The zero-order chi connectivity index (χ0) is 20.4. The van der Waals surface area contributed by atoms with Crippen LogP contribution in [0.2, 0.25) is 0 Å². The van der Waals surface area contributed by atoms with Crippen LogP contribution in [0.15, 0.2) is 48.5 Å². The normalized spacial score (nSPS) is 12.0. The molecule has 148 valence electrons. The van der Waals surface area contributed by atoms with Crippen LogP contribution in [0.4, 0.5) is 17.3 Å². The number of nitrogens with zero attached hydrogens (tertiary/aromatic N) is 3. The number of carbonyl (C=O) groups is 1. The van der Waals surface area contributed by atoms with Crippen LogP contribution in [-0.2, 0) is 0 Å². The maximum Gasteiger partial charge on any atom is 0.274 e. The molecule has 7 heteroatoms. The van der Waals surface area contributed by atoms with Gasteiger partial charge in [-0.3, -0.25) is 4.79 Å². The first-order valence-electron chi connectivity index (χ1n) is 9.44. The number of ether oxygens (including phenoxy) is 2. The number of anilines is 3. The summed E-state index contributed by atoms with van der Waals surface area (Å²) in [5, 5.41) is 2.86. The first-order valence-corrected chi connectivity index (χ1v) is 9.44. The Morgan fingerprint density at radius 1 is 1.07 bits per heavy atom. The lowest BCUT2D eigenvalue weighted by Gasteiger charge is -2.22. The third-order valence-corrected chi connectivity index (χ3v) is 4.58. The predicted molar refractivity (Wildman–Crippen MR) is 111 cm³/mol. The average Bonchev–Trinajstić information content (AvgIpc) is 3.16. The number of aromatic nitrogens is 2. The van der Waals surface area contributed by atoms with Crippen LogP contribution in [0.3, 0.4) is 0 Å². The molecule has 0 saturated carbocycles. The lowest BCUT2D eigenvalue weighted by Crippen LogP contribution is -2.22. The van der Waals surface area contributed by atoms with Gasteiger partial charge in [-0.2, -0.15) is 0 Å². The smallest absolute Gasteiger partial charge is 0.274 e. The number of aryl methyl sites for hydroxylation is 2. The van der Waals surface area contributed by atoms with Crippen molar-refractivity contribution in [3.63, 3.8) is 0 Å². The van der Waals surface area contributed by atoms with Crippen molar-refractivity contribution < 1.29 is 14.3 Å². The summed E-state index contributed by atoms with van der Waals surface area (Å²) >= 11 is 0. The molecule has 0 unspecified atom stereocenters. The molecule has 29 heavy (non-hydrogen) atoms. The highest BCUT2D eigenvalue weighted by molar-refractivity contribution is 6.03. The minimum absolute atomic E-state index is 0.188. The lowest BCUT2D eigenvalue weighted by atomic mass is 10.2. The SMILES string of the molecule is CCN(c1cccc(C)c1)c1nc(C)cc(C(=O)Nc2ccc3c(c2)OCO3)n1. The summed E-state index contributed by atoms with van der Waals surface area (Å²) in [7, 11) is 0. The van der Waals surface area contributed by atoms with Crippen LogP contribution in [0, 0.1) is 13.8 Å². The number of amides is 1. The highest BCUT2D eigenvalue weighted by atomic mass is 16.7. The van der Waals surface area contributed by atoms with Gasteiger partial charge in [0.25, 0.3) is 5.91 Å². The fraction of sp³-hybridized carbons (Fsp3) is 0.227. The van der Waals surface area contributed by atoms with E-state index in [2.05, 4.69) is 21.4 Å². The van der Waals surface area contributed by atoms with Crippen LogP contribution < -0.4 is 19.7 Å². The van der Waals surface area contributed by atoms with Crippen LogP contribution in [0.5, 0.6) is 11.5 Å². The second-order valence-corrected chi connectivity index (χ2v) is 6.80. The van der Waals surface area contributed by atoms with Gasteiger partial charge in [-0.05, 0) is 56.7 Å². The van der Waals surface area contributed by atoms with Crippen LogP contribution in [0.1, 0.15) is 28.7 Å². The number of hydrogen-bond donors (Lipinski definition) is 1. The maximum atomic E-state index is 12.8. The Labute approximate surface area is 169 Å². The zero-order valence-electron chi connectivity index (χ0n) is 16.6. The van der Waals surface area contributed by atoms with Crippen molar-refractivity contribution in [1.82, 2.24) is 9.97 Å². The Balaban J connectivity index is 1.61. The van der Waals surface area contributed by atoms with Crippen LogP contribution in [0.25, 0.3) is 0 Å². The third kappa shape index (κ3) is 3.99. The fourth-order valence-corrected chi connectivity index (χ4v) is 3.19. The van der Waals surface area contributed by atoms with Crippen molar-refractivity contribution in [3.05, 3.63) is 65.5 Å². The zero-order valence-corrected chi connectivity index (χ0v) is 16.6. The molecule has 1 aliphatic heterocycles. The van der Waals surface area contributed by atoms with Gasteiger partial charge in [0, 0.05) is 29.7 Å². The first kappa shape index (κ1) is 18.7. The Kier molecular flexibility index (Phi) is 5.03. The van der Waals surface area contributed by atoms with Gasteiger partial charge in [-0.25, -0.2) is 9.97 Å². The lowest BCUT2D eigenvalue weighted by molar-refractivity contribution is 0.102. The average molecular weight is 390 g/mol. The van der Waals surface area contributed by atoms with E-state index in [1.165, 1.54) is 0 Å². The minimum atomic E-state index is -0.309. The topological polar surface area (TPSA) is 76.6 Å². The van der Waals surface area contributed by atoms with Gasteiger partial charge >= 0.3 is 0 Å². The Morgan fingerprint density at radius 2 is 1.90 bits per heavy atom. The summed E-state index contributed by atoms with van der Waals surface area (Å²) in [4.78, 5) is 23.9. The number of nitrogens with one attached hydrogen (secondary N) is 1. The van der Waals surface area contributed by atoms with Crippen molar-refractivity contribution in [2.45, 2.75) is 20.8 Å². The molecule has 0 spiro atoms. The number of fused-ring (bicyclic) bond motifs is 1. The molecule has 1 amide bonds. The number of benzene rings is 2. The number of rotatable bonds is 5. The monoisotopic (exact) mass is 390 g/mol. The molecule has 0 saturated heterocycles. The van der Waals surface area contributed by atoms with Gasteiger partial charge in [0.2, 0.25) is 12.7 Å². The van der Waals surface area contributed by atoms with Crippen molar-refractivity contribution in [1.29, 1.82) is 0 Å². The summed E-state index contributed by atoms with van der Waals surface area (Å²) in [5.74, 6) is 1.46. The summed E-state index contributed by atoms with van der Waals surface area (Å²) in [5.41, 5.74) is 3.77. The van der Waals surface area contributed by atoms with Gasteiger partial charge < -0.3 is 19.7 Å². The van der Waals surface area contributed by atoms with Crippen molar-refractivity contribution in [3.8, 4) is 11.5 Å². The van der Waals surface area contributed by atoms with Gasteiger partial charge in [0.05, 0.1) is 0 Å². The molecule has 1 aromatic heterocycles. The molecule has 0 aliphatic carbocycles. The molecule has 1 aliphatic rings. The molecule has 2 heterocycles. The van der Waals surface area contributed by atoms with Gasteiger partial charge in [0.1, 0.15) is 5.69 Å². The fourth-order valence-electron chi connectivity index (χ4n) is 3.19. The van der Waals surface area contributed by atoms with E-state index in [0.717, 1.165) is 16.9 Å². The Bertz CT molecular complexity index is 1070. The van der Waals surface area contributed by atoms with E-state index in [1.807, 2.05) is 43.9 Å². The van der Waals surface area contributed by atoms with E-state index in [-0.39, 0.29) is 12.7 Å². The minimum Gasteiger partial charge on any atom is -0.454 e. The van der Waals surface area contributed by atoms with E-state index < -0.39 is 0 Å². The van der Waals surface area contributed by atoms with Gasteiger partial charge in [0.15, 0.2) is 11.5 Å². The highest BCUT2D eigenvalue weighted by Gasteiger charge is 2.18. The van der Waals surface area contributed by atoms with E-state index in [4.69, 9.17) is 9.47 Å². The molecule has 0 bridgehead atoms. The first-order chi connectivity index (χ1) is 14.0. The van der Waals surface area contributed by atoms with E-state index in [1.54, 1.807) is 24.3 Å². The standard InChI is InChI=1S/C22H22N4O3/c1-4-26(17-7-5-6-14(2)10-17)22-23-15(3)11-18(25-22)21(27)24-16-8-9-19-20(12-16)29-13-28-19/h5-12H,4,13H2,1-3H3,(H,24,27). The highest BCUT2D eigenvalue weighted by Crippen LogP contribution is 2.34. The number of carbonyl (C=O) groups excluding carboxylic acids is 1. The van der Waals surface area contributed by atoms with Crippen LogP contribution in [-0.4, -0.2) is 29.2 Å². The summed E-state index contributed by atoms with van der Waals surface area (Å²) < 4.78 is 10.7. The number of hydrogen-bond acceptors (Lipinski definition) is 6. The molecule has 1 N–H and O–H groups in total. The summed E-state index contributed by atoms with van der Waals surface area (Å²) in [6, 6.07) is 15.1. The maximum absolute atomic E-state index is 12.8. The largest absolute Gasteiger partial charge is 0.454 e. The Hall–Kier alpha value is -3.61. The van der Waals surface area contributed by atoms with Crippen molar-refractivity contribution in [2.75, 3.05) is 23.6 Å². The second-order valence-electron chi connectivity index (χ2n) is 6.80. The second kappa shape index (κ2) is 7.79. The van der Waals surface area contributed by atoms with Crippen LogP contribution >= 0.6 is 0 Å². The molecule has 2 aromatic carbocycles. The summed E-state index contributed by atoms with van der Waals surface area (Å²) in [6.07, 6.45) is 0. The van der Waals surface area contributed by atoms with Gasteiger partial charge in [-0.1, -0.05) is 12.1 Å². The summed E-state index contributed by atoms with van der Waals surface area (Å²) in [6.45, 7) is 6.79.